The first-order chi connectivity index (χ1) is 17.7. The highest BCUT2D eigenvalue weighted by Gasteiger charge is 2.35. The van der Waals surface area contributed by atoms with Crippen molar-refractivity contribution >= 4 is 22.8 Å². The molecule has 0 unspecified atom stereocenters. The van der Waals surface area contributed by atoms with E-state index in [1.165, 1.54) is 0 Å². The number of hydrogen-bond acceptors (Lipinski definition) is 7. The number of likely N-dealkylation sites (tertiary alicyclic amines) is 1. The number of para-hydroxylation sites is 1. The van der Waals surface area contributed by atoms with Gasteiger partial charge in [-0.15, -0.1) is 0 Å². The van der Waals surface area contributed by atoms with Crippen molar-refractivity contribution in [3.8, 4) is 23.4 Å². The number of rotatable bonds is 6. The molecule has 4 heterocycles. The molecule has 36 heavy (non-hydrogen) atoms. The quantitative estimate of drug-likeness (QED) is 0.449. The van der Waals surface area contributed by atoms with Crippen molar-refractivity contribution in [3.63, 3.8) is 0 Å². The predicted molar refractivity (Wildman–Crippen MR) is 135 cm³/mol. The summed E-state index contributed by atoms with van der Waals surface area (Å²) < 4.78 is 1.87. The third kappa shape index (κ3) is 4.38. The van der Waals surface area contributed by atoms with Crippen LogP contribution in [0.3, 0.4) is 0 Å². The summed E-state index contributed by atoms with van der Waals surface area (Å²) >= 11 is 0. The summed E-state index contributed by atoms with van der Waals surface area (Å²) in [6, 6.07) is 16.0. The summed E-state index contributed by atoms with van der Waals surface area (Å²) in [5, 5.41) is 13.9. The summed E-state index contributed by atoms with van der Waals surface area (Å²) in [4.78, 5) is 33.2. The normalized spacial score (nSPS) is 17.6. The molecule has 0 radical (unpaired) electrons. The summed E-state index contributed by atoms with van der Waals surface area (Å²) in [5.41, 5.74) is 2.30. The van der Waals surface area contributed by atoms with E-state index < -0.39 is 0 Å². The highest BCUT2D eigenvalue weighted by atomic mass is 16.2. The van der Waals surface area contributed by atoms with Gasteiger partial charge in [-0.05, 0) is 43.9 Å². The number of aromatic nitrogens is 5. The summed E-state index contributed by atoms with van der Waals surface area (Å²) in [5.74, 6) is 2.23. The molecule has 1 atom stereocenters. The molecular formula is C27H26N8O. The SMILES string of the molecule is N#CCc1cnc(-c2ccc3ccccc3n2)n1-c1ccnc(N[C@H]2CCCN(C(=O)C3CC3)C2)n1. The Morgan fingerprint density at radius 2 is 1.97 bits per heavy atom. The maximum atomic E-state index is 12.5. The number of amides is 1. The van der Waals surface area contributed by atoms with Gasteiger partial charge in [0.2, 0.25) is 11.9 Å². The van der Waals surface area contributed by atoms with Crippen molar-refractivity contribution in [2.24, 2.45) is 5.92 Å². The number of fused-ring (bicyclic) bond motifs is 1. The zero-order valence-corrected chi connectivity index (χ0v) is 19.8. The Hall–Kier alpha value is -4.32. The van der Waals surface area contributed by atoms with Gasteiger partial charge in [-0.25, -0.2) is 15.0 Å². The van der Waals surface area contributed by atoms with Gasteiger partial charge in [0.05, 0.1) is 29.9 Å². The smallest absolute Gasteiger partial charge is 0.225 e. The van der Waals surface area contributed by atoms with Crippen LogP contribution in [0.15, 0.2) is 54.9 Å². The van der Waals surface area contributed by atoms with E-state index in [1.807, 2.05) is 51.9 Å². The minimum absolute atomic E-state index is 0.0969. The average molecular weight is 479 g/mol. The number of anilines is 1. The zero-order valence-electron chi connectivity index (χ0n) is 19.8. The van der Waals surface area contributed by atoms with Crippen molar-refractivity contribution in [2.75, 3.05) is 18.4 Å². The Labute approximate surface area is 208 Å². The van der Waals surface area contributed by atoms with Crippen LogP contribution in [0.5, 0.6) is 0 Å². The molecule has 1 aliphatic heterocycles. The van der Waals surface area contributed by atoms with Gasteiger partial charge in [-0.3, -0.25) is 9.36 Å². The van der Waals surface area contributed by atoms with Crippen LogP contribution in [-0.2, 0) is 11.2 Å². The van der Waals surface area contributed by atoms with Crippen molar-refractivity contribution < 1.29 is 4.79 Å². The average Bonchev–Trinajstić information content (AvgIpc) is 3.68. The van der Waals surface area contributed by atoms with Crippen molar-refractivity contribution in [1.29, 1.82) is 5.26 Å². The lowest BCUT2D eigenvalue weighted by Gasteiger charge is -2.33. The second-order valence-electron chi connectivity index (χ2n) is 9.41. The second kappa shape index (κ2) is 9.38. The first kappa shape index (κ1) is 22.2. The van der Waals surface area contributed by atoms with Gasteiger partial charge in [0.25, 0.3) is 0 Å². The van der Waals surface area contributed by atoms with Crippen molar-refractivity contribution in [2.45, 2.75) is 38.1 Å². The molecule has 4 aromatic rings. The molecule has 2 aliphatic rings. The van der Waals surface area contributed by atoms with E-state index in [0.29, 0.717) is 29.8 Å². The van der Waals surface area contributed by atoms with Crippen LogP contribution in [0.2, 0.25) is 0 Å². The van der Waals surface area contributed by atoms with Crippen LogP contribution in [0.25, 0.3) is 28.2 Å². The molecule has 6 rings (SSSR count). The lowest BCUT2D eigenvalue weighted by molar-refractivity contribution is -0.133. The minimum Gasteiger partial charge on any atom is -0.350 e. The maximum Gasteiger partial charge on any atom is 0.225 e. The van der Waals surface area contributed by atoms with Gasteiger partial charge in [0, 0.05) is 36.6 Å². The second-order valence-corrected chi connectivity index (χ2v) is 9.41. The molecule has 1 amide bonds. The van der Waals surface area contributed by atoms with Gasteiger partial charge in [-0.2, -0.15) is 10.2 Å². The Bertz CT molecular complexity index is 1470. The van der Waals surface area contributed by atoms with Crippen molar-refractivity contribution in [1.82, 2.24) is 29.4 Å². The van der Waals surface area contributed by atoms with Gasteiger partial charge in [0.1, 0.15) is 11.5 Å². The minimum atomic E-state index is 0.0969. The molecule has 3 aromatic heterocycles. The van der Waals surface area contributed by atoms with Gasteiger partial charge in [0.15, 0.2) is 5.82 Å². The van der Waals surface area contributed by atoms with E-state index in [-0.39, 0.29) is 24.3 Å². The van der Waals surface area contributed by atoms with Crippen LogP contribution < -0.4 is 5.32 Å². The standard InChI is InChI=1S/C27H26N8O/c28-13-11-21-16-30-25(23-10-9-18-4-1-2-6-22(18)32-23)35(21)24-12-14-29-27(33-24)31-20-5-3-15-34(17-20)26(36)19-7-8-19/h1-2,4,6,9-10,12,14,16,19-20H,3,5,7-8,11,15,17H2,(H,29,31,33)/t20-/m0/s1. The number of carbonyl (C=O) groups is 1. The van der Waals surface area contributed by atoms with Crippen LogP contribution in [-0.4, -0.2) is 54.4 Å². The number of carbonyl (C=O) groups excluding carboxylic acids is 1. The first-order valence-electron chi connectivity index (χ1n) is 12.4. The summed E-state index contributed by atoms with van der Waals surface area (Å²) in [6.07, 6.45) is 7.54. The van der Waals surface area contributed by atoms with Crippen LogP contribution >= 0.6 is 0 Å². The molecule has 0 spiro atoms. The Kier molecular flexibility index (Phi) is 5.77. The topological polar surface area (TPSA) is 113 Å². The molecule has 180 valence electrons. The number of piperidine rings is 1. The van der Waals surface area contributed by atoms with Crippen LogP contribution in [0.1, 0.15) is 31.4 Å². The molecule has 0 bridgehead atoms. The highest BCUT2D eigenvalue weighted by Crippen LogP contribution is 2.32. The molecule has 1 saturated heterocycles. The lowest BCUT2D eigenvalue weighted by atomic mass is 10.1. The fourth-order valence-electron chi connectivity index (χ4n) is 4.83. The Morgan fingerprint density at radius 3 is 2.83 bits per heavy atom. The van der Waals surface area contributed by atoms with Crippen molar-refractivity contribution in [3.05, 3.63) is 60.6 Å². The maximum absolute atomic E-state index is 12.5. The van der Waals surface area contributed by atoms with E-state index in [0.717, 1.165) is 48.8 Å². The number of imidazole rings is 1. The molecule has 1 aromatic carbocycles. The fourth-order valence-corrected chi connectivity index (χ4v) is 4.83. The molecule has 9 heteroatoms. The predicted octanol–water partition coefficient (Wildman–Crippen LogP) is 3.76. The van der Waals surface area contributed by atoms with Gasteiger partial charge >= 0.3 is 0 Å². The molecule has 1 saturated carbocycles. The van der Waals surface area contributed by atoms with Crippen LogP contribution in [0, 0.1) is 17.2 Å². The largest absolute Gasteiger partial charge is 0.350 e. The van der Waals surface area contributed by atoms with E-state index in [1.54, 1.807) is 12.4 Å². The number of benzene rings is 1. The number of nitrogens with one attached hydrogen (secondary N) is 1. The van der Waals surface area contributed by atoms with Gasteiger partial charge < -0.3 is 10.2 Å². The number of pyridine rings is 1. The number of hydrogen-bond donors (Lipinski definition) is 1. The Morgan fingerprint density at radius 1 is 1.08 bits per heavy atom. The zero-order chi connectivity index (χ0) is 24.5. The highest BCUT2D eigenvalue weighted by molar-refractivity contribution is 5.81. The lowest BCUT2D eigenvalue weighted by Crippen LogP contribution is -2.45. The van der Waals surface area contributed by atoms with E-state index >= 15 is 0 Å². The number of nitrogens with zero attached hydrogens (tertiary/aromatic N) is 7. The molecule has 1 aliphatic carbocycles. The number of nitriles is 1. The third-order valence-corrected chi connectivity index (χ3v) is 6.79. The monoisotopic (exact) mass is 478 g/mol. The molecular weight excluding hydrogens is 452 g/mol. The first-order valence-corrected chi connectivity index (χ1v) is 12.4. The Balaban J connectivity index is 1.30. The van der Waals surface area contributed by atoms with Gasteiger partial charge in [-0.1, -0.05) is 24.3 Å². The molecule has 1 N–H and O–H groups in total. The molecule has 2 fully saturated rings. The third-order valence-electron chi connectivity index (χ3n) is 6.79. The van der Waals surface area contributed by atoms with E-state index in [2.05, 4.69) is 21.4 Å². The fraction of sp³-hybridized carbons (Fsp3) is 0.333. The summed E-state index contributed by atoms with van der Waals surface area (Å²) in [6.45, 7) is 1.49. The summed E-state index contributed by atoms with van der Waals surface area (Å²) in [7, 11) is 0. The van der Waals surface area contributed by atoms with E-state index in [4.69, 9.17) is 9.97 Å². The van der Waals surface area contributed by atoms with Crippen LogP contribution in [0.4, 0.5) is 5.95 Å². The van der Waals surface area contributed by atoms with E-state index in [9.17, 15) is 10.1 Å². The molecule has 9 nitrogen and oxygen atoms in total.